The number of nitrogens with one attached hydrogen (secondary N) is 1. The highest BCUT2D eigenvalue weighted by Crippen LogP contribution is 2.44. The van der Waals surface area contributed by atoms with Gasteiger partial charge in [-0.05, 0) is 44.1 Å². The Balaban J connectivity index is 1.57. The molecule has 0 heterocycles. The van der Waals surface area contributed by atoms with Gasteiger partial charge in [0.15, 0.2) is 0 Å². The number of amides is 1. The van der Waals surface area contributed by atoms with Crippen molar-refractivity contribution >= 4 is 17.7 Å². The van der Waals surface area contributed by atoms with Crippen molar-refractivity contribution in [2.45, 2.75) is 50.9 Å². The molecule has 5 heteroatoms. The molecule has 1 N–H and O–H groups in total. The third-order valence-electron chi connectivity index (χ3n) is 5.23. The number of rotatable bonds is 5. The van der Waals surface area contributed by atoms with Gasteiger partial charge in [-0.25, -0.2) is 4.79 Å². The molecule has 5 atom stereocenters. The maximum Gasteiger partial charge on any atom is 0.407 e. The molecule has 2 aliphatic carbocycles. The van der Waals surface area contributed by atoms with Crippen LogP contribution in [0.5, 0.6) is 0 Å². The number of halogens is 1. The lowest BCUT2D eigenvalue weighted by Crippen LogP contribution is -2.40. The molecule has 0 saturated heterocycles. The first-order valence-electron chi connectivity index (χ1n) is 8.33. The zero-order valence-corrected chi connectivity index (χ0v) is 14.4. The van der Waals surface area contributed by atoms with Crippen molar-refractivity contribution in [2.75, 3.05) is 7.11 Å². The minimum atomic E-state index is -0.418. The number of benzene rings is 1. The van der Waals surface area contributed by atoms with Gasteiger partial charge in [-0.1, -0.05) is 36.2 Å². The lowest BCUT2D eigenvalue weighted by atomic mass is 9.96. The number of carbonyl (C=O) groups excluding carboxylic acids is 1. The average molecular weight is 338 g/mol. The summed E-state index contributed by atoms with van der Waals surface area (Å²) in [7, 11) is 1.60. The fourth-order valence-corrected chi connectivity index (χ4v) is 4.36. The summed E-state index contributed by atoms with van der Waals surface area (Å²) in [6.45, 7) is 1.83. The lowest BCUT2D eigenvalue weighted by molar-refractivity contribution is -0.0160. The monoisotopic (exact) mass is 337 g/mol. The van der Waals surface area contributed by atoms with Gasteiger partial charge in [-0.3, -0.25) is 0 Å². The molecule has 2 fully saturated rings. The minimum Gasteiger partial charge on any atom is -0.443 e. The van der Waals surface area contributed by atoms with Gasteiger partial charge in [-0.15, -0.1) is 0 Å². The fraction of sp³-hybridized carbons (Fsp3) is 0.611. The van der Waals surface area contributed by atoms with Crippen molar-refractivity contribution in [3.05, 3.63) is 34.9 Å². The van der Waals surface area contributed by atoms with Gasteiger partial charge in [0.2, 0.25) is 0 Å². The average Bonchev–Trinajstić information content (AvgIpc) is 3.12. The smallest absolute Gasteiger partial charge is 0.407 e. The minimum absolute atomic E-state index is 0.273. The second-order valence-corrected chi connectivity index (χ2v) is 7.12. The second kappa shape index (κ2) is 7.10. The van der Waals surface area contributed by atoms with Crippen LogP contribution in [0.25, 0.3) is 0 Å². The molecule has 0 aliphatic heterocycles. The number of ether oxygens (including phenoxy) is 2. The van der Waals surface area contributed by atoms with Crippen molar-refractivity contribution in [1.82, 2.24) is 5.32 Å². The largest absolute Gasteiger partial charge is 0.443 e. The Morgan fingerprint density at radius 2 is 2.09 bits per heavy atom. The van der Waals surface area contributed by atoms with E-state index in [4.69, 9.17) is 21.1 Å². The number of carbonyl (C=O) groups is 1. The molecular formula is C18H24ClNO3. The first-order chi connectivity index (χ1) is 11.1. The van der Waals surface area contributed by atoms with Gasteiger partial charge < -0.3 is 14.8 Å². The Morgan fingerprint density at radius 3 is 2.70 bits per heavy atom. The molecule has 0 radical (unpaired) electrons. The quantitative estimate of drug-likeness (QED) is 0.869. The van der Waals surface area contributed by atoms with Gasteiger partial charge in [0, 0.05) is 23.7 Å². The molecule has 1 aromatic rings. The first kappa shape index (κ1) is 16.6. The van der Waals surface area contributed by atoms with E-state index in [9.17, 15) is 4.79 Å². The number of hydrogen-bond donors (Lipinski definition) is 1. The molecule has 2 saturated carbocycles. The van der Waals surface area contributed by atoms with Crippen molar-refractivity contribution in [1.29, 1.82) is 0 Å². The summed E-state index contributed by atoms with van der Waals surface area (Å²) in [4.78, 5) is 12.2. The molecule has 0 aromatic heterocycles. The standard InChI is InChI=1S/C18H24ClNO3/c1-11(17(22-2)14-5-3-4-6-15(14)19)23-18(21)20-16-10-12-7-8-13(16)9-12/h3-6,11-13,16-17H,7-10H2,1-2H3,(H,20,21)/t11-,12?,13?,16?,17+/m0/s1. The molecule has 1 aromatic carbocycles. The van der Waals surface area contributed by atoms with Crippen LogP contribution in [0.4, 0.5) is 4.79 Å². The van der Waals surface area contributed by atoms with E-state index in [0.717, 1.165) is 17.9 Å². The third-order valence-corrected chi connectivity index (χ3v) is 5.57. The lowest BCUT2D eigenvalue weighted by Gasteiger charge is -2.27. The molecule has 126 valence electrons. The van der Waals surface area contributed by atoms with Gasteiger partial charge in [0.1, 0.15) is 12.2 Å². The van der Waals surface area contributed by atoms with E-state index in [-0.39, 0.29) is 18.2 Å². The molecule has 1 amide bonds. The molecule has 3 unspecified atom stereocenters. The topological polar surface area (TPSA) is 47.6 Å². The van der Waals surface area contributed by atoms with E-state index < -0.39 is 6.10 Å². The van der Waals surface area contributed by atoms with Gasteiger partial charge in [-0.2, -0.15) is 0 Å². The molecule has 4 nitrogen and oxygen atoms in total. The van der Waals surface area contributed by atoms with E-state index >= 15 is 0 Å². The predicted octanol–water partition coefficient (Wildman–Crippen LogP) is 4.33. The van der Waals surface area contributed by atoms with Crippen LogP contribution in [0, 0.1) is 11.8 Å². The van der Waals surface area contributed by atoms with Crippen molar-refractivity contribution in [3.63, 3.8) is 0 Å². The highest BCUT2D eigenvalue weighted by atomic mass is 35.5. The first-order valence-corrected chi connectivity index (χ1v) is 8.70. The summed E-state index contributed by atoms with van der Waals surface area (Å²) < 4.78 is 11.1. The van der Waals surface area contributed by atoms with Crippen LogP contribution in [0.15, 0.2) is 24.3 Å². The number of alkyl carbamates (subject to hydrolysis) is 1. The molecule has 2 aliphatic rings. The Hall–Kier alpha value is -1.26. The maximum atomic E-state index is 12.2. The van der Waals surface area contributed by atoms with Crippen molar-refractivity contribution in [2.24, 2.45) is 11.8 Å². The predicted molar refractivity (Wildman–Crippen MR) is 89.5 cm³/mol. The molecule has 23 heavy (non-hydrogen) atoms. The van der Waals surface area contributed by atoms with E-state index in [1.807, 2.05) is 31.2 Å². The highest BCUT2D eigenvalue weighted by Gasteiger charge is 2.40. The Labute approximate surface area is 142 Å². The van der Waals surface area contributed by atoms with Crippen LogP contribution in [0.3, 0.4) is 0 Å². The number of hydrogen-bond acceptors (Lipinski definition) is 3. The fourth-order valence-electron chi connectivity index (χ4n) is 4.11. The van der Waals surface area contributed by atoms with Gasteiger partial charge >= 0.3 is 6.09 Å². The van der Waals surface area contributed by atoms with Crippen LogP contribution in [-0.4, -0.2) is 25.3 Å². The van der Waals surface area contributed by atoms with E-state index in [0.29, 0.717) is 10.9 Å². The maximum absolute atomic E-state index is 12.2. The second-order valence-electron chi connectivity index (χ2n) is 6.71. The van der Waals surface area contributed by atoms with Crippen LogP contribution in [0.2, 0.25) is 5.02 Å². The van der Waals surface area contributed by atoms with Gasteiger partial charge in [0.25, 0.3) is 0 Å². The summed E-state index contributed by atoms with van der Waals surface area (Å²) in [5.41, 5.74) is 0.830. The van der Waals surface area contributed by atoms with E-state index in [1.54, 1.807) is 7.11 Å². The zero-order chi connectivity index (χ0) is 16.4. The summed E-state index contributed by atoms with van der Waals surface area (Å²) in [5, 5.41) is 3.65. The van der Waals surface area contributed by atoms with Crippen LogP contribution < -0.4 is 5.32 Å². The van der Waals surface area contributed by atoms with E-state index in [1.165, 1.54) is 19.3 Å². The van der Waals surface area contributed by atoms with Crippen molar-refractivity contribution in [3.8, 4) is 0 Å². The van der Waals surface area contributed by atoms with Crippen molar-refractivity contribution < 1.29 is 14.3 Å². The Kier molecular flexibility index (Phi) is 5.12. The molecule has 2 bridgehead atoms. The summed E-state index contributed by atoms with van der Waals surface area (Å²) in [5.74, 6) is 1.42. The van der Waals surface area contributed by atoms with E-state index in [2.05, 4.69) is 5.32 Å². The Bertz CT molecular complexity index is 565. The number of methoxy groups -OCH3 is 1. The SMILES string of the molecule is CO[C@@H](c1ccccc1Cl)[C@H](C)OC(=O)NC1CC2CCC1C2. The molecule has 3 rings (SSSR count). The van der Waals surface area contributed by atoms with Crippen LogP contribution in [0.1, 0.15) is 44.3 Å². The Morgan fingerprint density at radius 1 is 1.30 bits per heavy atom. The number of fused-ring (bicyclic) bond motifs is 2. The summed E-state index contributed by atoms with van der Waals surface area (Å²) in [6.07, 6.45) is 3.72. The molecular weight excluding hydrogens is 314 g/mol. The summed E-state index contributed by atoms with van der Waals surface area (Å²) in [6, 6.07) is 7.74. The summed E-state index contributed by atoms with van der Waals surface area (Å²) >= 11 is 6.22. The van der Waals surface area contributed by atoms with Crippen LogP contribution in [-0.2, 0) is 9.47 Å². The van der Waals surface area contributed by atoms with Gasteiger partial charge in [0.05, 0.1) is 0 Å². The van der Waals surface area contributed by atoms with Crippen LogP contribution >= 0.6 is 11.6 Å². The highest BCUT2D eigenvalue weighted by molar-refractivity contribution is 6.31. The zero-order valence-electron chi connectivity index (χ0n) is 13.6. The third kappa shape index (κ3) is 3.64. The molecule has 0 spiro atoms. The normalized spacial score (nSPS) is 28.4.